The van der Waals surface area contributed by atoms with Gasteiger partial charge in [0.15, 0.2) is 0 Å². The number of carbonyl (C=O) groups is 1. The van der Waals surface area contributed by atoms with Crippen molar-refractivity contribution in [3.8, 4) is 0 Å². The molecule has 0 spiro atoms. The van der Waals surface area contributed by atoms with Gasteiger partial charge in [-0.25, -0.2) is 0 Å². The van der Waals surface area contributed by atoms with Gasteiger partial charge in [-0.2, -0.15) is 0 Å². The number of nitrogens with two attached hydrogens (primary N) is 1. The maximum Gasteiger partial charge on any atom is 0.228 e. The quantitative estimate of drug-likeness (QED) is 0.602. The average Bonchev–Trinajstić information content (AvgIpc) is 2.72. The van der Waals surface area contributed by atoms with E-state index in [4.69, 9.17) is 10.5 Å². The topological polar surface area (TPSA) is 55.6 Å². The van der Waals surface area contributed by atoms with Crippen molar-refractivity contribution in [3.63, 3.8) is 0 Å². The summed E-state index contributed by atoms with van der Waals surface area (Å²) in [5, 5.41) is 0. The van der Waals surface area contributed by atoms with E-state index >= 15 is 0 Å². The van der Waals surface area contributed by atoms with E-state index < -0.39 is 0 Å². The van der Waals surface area contributed by atoms with Crippen LogP contribution < -0.4 is 5.73 Å². The molecule has 0 radical (unpaired) electrons. The number of likely N-dealkylation sites (tertiary alicyclic amines) is 1. The van der Waals surface area contributed by atoms with Gasteiger partial charge in [0.2, 0.25) is 5.91 Å². The molecule has 2 aliphatic rings. The van der Waals surface area contributed by atoms with Crippen LogP contribution in [0.3, 0.4) is 0 Å². The molecule has 0 aliphatic carbocycles. The summed E-state index contributed by atoms with van der Waals surface area (Å²) in [6.07, 6.45) is 1.82. The Balaban J connectivity index is 1.89. The SMILES string of the molecule is N[C@H]1CCN(C(=O)C2CCOC2)C1. The van der Waals surface area contributed by atoms with Gasteiger partial charge in [-0.1, -0.05) is 0 Å². The summed E-state index contributed by atoms with van der Waals surface area (Å²) in [7, 11) is 0. The van der Waals surface area contributed by atoms with Crippen molar-refractivity contribution in [2.24, 2.45) is 11.7 Å². The Morgan fingerprint density at radius 3 is 2.85 bits per heavy atom. The molecule has 2 fully saturated rings. The first kappa shape index (κ1) is 8.97. The molecule has 2 saturated heterocycles. The summed E-state index contributed by atoms with van der Waals surface area (Å²) < 4.78 is 5.19. The van der Waals surface area contributed by atoms with Gasteiger partial charge in [0.05, 0.1) is 12.5 Å². The molecule has 0 aromatic rings. The van der Waals surface area contributed by atoms with E-state index in [1.807, 2.05) is 4.90 Å². The highest BCUT2D eigenvalue weighted by atomic mass is 16.5. The highest BCUT2D eigenvalue weighted by Crippen LogP contribution is 2.18. The Bertz CT molecular complexity index is 202. The van der Waals surface area contributed by atoms with Crippen molar-refractivity contribution < 1.29 is 9.53 Å². The summed E-state index contributed by atoms with van der Waals surface area (Å²) in [6, 6.07) is 0.186. The van der Waals surface area contributed by atoms with E-state index in [2.05, 4.69) is 0 Å². The lowest BCUT2D eigenvalue weighted by Gasteiger charge is -2.18. The first-order valence-corrected chi connectivity index (χ1v) is 4.89. The van der Waals surface area contributed by atoms with Crippen molar-refractivity contribution in [1.29, 1.82) is 0 Å². The third-order valence-corrected chi connectivity index (χ3v) is 2.82. The maximum atomic E-state index is 11.8. The van der Waals surface area contributed by atoms with Gasteiger partial charge >= 0.3 is 0 Å². The van der Waals surface area contributed by atoms with Gasteiger partial charge in [-0.15, -0.1) is 0 Å². The fourth-order valence-electron chi connectivity index (χ4n) is 1.97. The minimum atomic E-state index is 0.102. The number of carbonyl (C=O) groups excluding carboxylic acids is 1. The zero-order valence-corrected chi connectivity index (χ0v) is 7.74. The fraction of sp³-hybridized carbons (Fsp3) is 0.889. The Morgan fingerprint density at radius 2 is 2.31 bits per heavy atom. The molecule has 4 nitrogen and oxygen atoms in total. The highest BCUT2D eigenvalue weighted by Gasteiger charge is 2.31. The van der Waals surface area contributed by atoms with E-state index in [9.17, 15) is 4.79 Å². The summed E-state index contributed by atoms with van der Waals surface area (Å²) in [6.45, 7) is 2.90. The van der Waals surface area contributed by atoms with Crippen molar-refractivity contribution in [3.05, 3.63) is 0 Å². The standard InChI is InChI=1S/C9H16N2O2/c10-8-1-3-11(5-8)9(12)7-2-4-13-6-7/h7-8H,1-6,10H2/t7?,8-/m0/s1. The molecule has 0 aromatic carbocycles. The molecule has 74 valence electrons. The summed E-state index contributed by atoms with van der Waals surface area (Å²) in [5.41, 5.74) is 5.74. The number of hydrogen-bond acceptors (Lipinski definition) is 3. The van der Waals surface area contributed by atoms with E-state index in [1.54, 1.807) is 0 Å². The minimum Gasteiger partial charge on any atom is -0.381 e. The number of nitrogens with zero attached hydrogens (tertiary/aromatic N) is 1. The van der Waals surface area contributed by atoms with Crippen molar-refractivity contribution in [2.45, 2.75) is 18.9 Å². The van der Waals surface area contributed by atoms with Gasteiger partial charge in [0.1, 0.15) is 0 Å². The second kappa shape index (κ2) is 3.64. The number of amides is 1. The summed E-state index contributed by atoms with van der Waals surface area (Å²) in [4.78, 5) is 13.7. The Morgan fingerprint density at radius 1 is 1.46 bits per heavy atom. The molecule has 0 saturated carbocycles. The largest absolute Gasteiger partial charge is 0.381 e. The van der Waals surface area contributed by atoms with Gasteiger partial charge < -0.3 is 15.4 Å². The maximum absolute atomic E-state index is 11.8. The smallest absolute Gasteiger partial charge is 0.228 e. The summed E-state index contributed by atoms with van der Waals surface area (Å²) in [5.74, 6) is 0.343. The lowest BCUT2D eigenvalue weighted by molar-refractivity contribution is -0.134. The molecule has 2 heterocycles. The average molecular weight is 184 g/mol. The molecule has 4 heteroatoms. The molecule has 1 amide bonds. The van der Waals surface area contributed by atoms with Crippen molar-refractivity contribution >= 4 is 5.91 Å². The van der Waals surface area contributed by atoms with Crippen LogP contribution in [0.25, 0.3) is 0 Å². The van der Waals surface area contributed by atoms with Crippen LogP contribution in [0.1, 0.15) is 12.8 Å². The Kier molecular flexibility index (Phi) is 2.51. The van der Waals surface area contributed by atoms with E-state index in [-0.39, 0.29) is 17.9 Å². The van der Waals surface area contributed by atoms with Gasteiger partial charge in [-0.3, -0.25) is 4.79 Å². The lowest BCUT2D eigenvalue weighted by Crippen LogP contribution is -2.36. The van der Waals surface area contributed by atoms with Crippen molar-refractivity contribution in [2.75, 3.05) is 26.3 Å². The van der Waals surface area contributed by atoms with Crippen LogP contribution in [0.4, 0.5) is 0 Å². The van der Waals surface area contributed by atoms with Crippen LogP contribution in [0.2, 0.25) is 0 Å². The molecular weight excluding hydrogens is 168 g/mol. The predicted molar refractivity (Wildman–Crippen MR) is 48.1 cm³/mol. The van der Waals surface area contributed by atoms with Gasteiger partial charge in [0, 0.05) is 25.7 Å². The van der Waals surface area contributed by atoms with Crippen LogP contribution in [0.5, 0.6) is 0 Å². The molecule has 0 aromatic heterocycles. The zero-order valence-electron chi connectivity index (χ0n) is 7.74. The lowest BCUT2D eigenvalue weighted by atomic mass is 10.1. The first-order chi connectivity index (χ1) is 6.27. The molecule has 1 unspecified atom stereocenters. The van der Waals surface area contributed by atoms with E-state index in [0.717, 1.165) is 32.5 Å². The first-order valence-electron chi connectivity index (χ1n) is 4.89. The molecule has 0 bridgehead atoms. The van der Waals surface area contributed by atoms with Crippen LogP contribution in [0, 0.1) is 5.92 Å². The zero-order chi connectivity index (χ0) is 9.26. The Labute approximate surface area is 78.0 Å². The van der Waals surface area contributed by atoms with Gasteiger partial charge in [-0.05, 0) is 12.8 Å². The molecule has 13 heavy (non-hydrogen) atoms. The highest BCUT2D eigenvalue weighted by molar-refractivity contribution is 5.79. The molecule has 2 N–H and O–H groups in total. The van der Waals surface area contributed by atoms with Crippen LogP contribution in [0.15, 0.2) is 0 Å². The molecular formula is C9H16N2O2. The number of hydrogen-bond donors (Lipinski definition) is 1. The summed E-state index contributed by atoms with van der Waals surface area (Å²) >= 11 is 0. The monoisotopic (exact) mass is 184 g/mol. The number of ether oxygens (including phenoxy) is 1. The molecule has 2 aliphatic heterocycles. The van der Waals surface area contributed by atoms with Crippen LogP contribution >= 0.6 is 0 Å². The normalized spacial score (nSPS) is 34.1. The fourth-order valence-corrected chi connectivity index (χ4v) is 1.97. The van der Waals surface area contributed by atoms with E-state index in [0.29, 0.717) is 6.61 Å². The minimum absolute atomic E-state index is 0.102. The molecule has 2 rings (SSSR count). The van der Waals surface area contributed by atoms with Crippen molar-refractivity contribution in [1.82, 2.24) is 4.90 Å². The van der Waals surface area contributed by atoms with Crippen LogP contribution in [-0.2, 0) is 9.53 Å². The predicted octanol–water partition coefficient (Wildman–Crippen LogP) is -0.418. The third kappa shape index (κ3) is 1.84. The second-order valence-electron chi connectivity index (χ2n) is 3.89. The van der Waals surface area contributed by atoms with Crippen LogP contribution in [-0.4, -0.2) is 43.2 Å². The van der Waals surface area contributed by atoms with E-state index in [1.165, 1.54) is 0 Å². The Hall–Kier alpha value is -0.610. The number of rotatable bonds is 1. The van der Waals surface area contributed by atoms with Gasteiger partial charge in [0.25, 0.3) is 0 Å². The molecule has 2 atom stereocenters. The third-order valence-electron chi connectivity index (χ3n) is 2.82. The second-order valence-corrected chi connectivity index (χ2v) is 3.89.